The van der Waals surface area contributed by atoms with Gasteiger partial charge in [0.15, 0.2) is 0 Å². The Bertz CT molecular complexity index is 201. The number of hydrogen-bond acceptors (Lipinski definition) is 1. The van der Waals surface area contributed by atoms with Crippen molar-refractivity contribution in [3.05, 3.63) is 24.8 Å². The van der Waals surface area contributed by atoms with Crippen molar-refractivity contribution < 1.29 is 0 Å². The zero-order chi connectivity index (χ0) is 11.8. The lowest BCUT2D eigenvalue weighted by atomic mass is 9.90. The summed E-state index contributed by atoms with van der Waals surface area (Å²) in [6.45, 7) is 10.4. The number of nitrogens with two attached hydrogens (primary N) is 1. The van der Waals surface area contributed by atoms with Crippen molar-refractivity contribution in [2.24, 2.45) is 17.6 Å². The van der Waals surface area contributed by atoms with Gasteiger partial charge in [-0.3, -0.25) is 0 Å². The molecule has 0 heterocycles. The van der Waals surface area contributed by atoms with Crippen molar-refractivity contribution in [1.82, 2.24) is 0 Å². The third-order valence-electron chi connectivity index (χ3n) is 2.99. The maximum Gasteiger partial charge on any atom is 0.0318 e. The van der Waals surface area contributed by atoms with Crippen molar-refractivity contribution in [2.45, 2.75) is 43.6 Å². The van der Waals surface area contributed by atoms with E-state index in [4.69, 9.17) is 5.73 Å². The van der Waals surface area contributed by atoms with Gasteiger partial charge in [-0.25, -0.2) is 0 Å². The third-order valence-corrected chi connectivity index (χ3v) is 4.64. The molecule has 88 valence electrons. The molecule has 0 spiro atoms. The number of rotatable bonds is 7. The molecule has 0 radical (unpaired) electrons. The minimum absolute atomic E-state index is 0.333. The van der Waals surface area contributed by atoms with Gasteiger partial charge in [0.2, 0.25) is 0 Å². The summed E-state index contributed by atoms with van der Waals surface area (Å²) in [5.74, 6) is 1.25. The fourth-order valence-electron chi connectivity index (χ4n) is 1.47. The number of halogens is 1. The number of allylic oxidation sites excluding steroid dienone is 3. The molecular weight excluding hydrogens is 297 g/mol. The first kappa shape index (κ1) is 15.2. The molecule has 0 aliphatic carbocycles. The van der Waals surface area contributed by atoms with Crippen LogP contribution < -0.4 is 5.73 Å². The topological polar surface area (TPSA) is 26.0 Å². The average Bonchev–Trinajstić information content (AvgIpc) is 2.24. The van der Waals surface area contributed by atoms with Crippen LogP contribution in [0.1, 0.15) is 33.6 Å². The van der Waals surface area contributed by atoms with Gasteiger partial charge in [0.05, 0.1) is 0 Å². The fraction of sp³-hybridized carbons (Fsp3) is 0.692. The Morgan fingerprint density at radius 2 is 1.93 bits per heavy atom. The Kier molecular flexibility index (Phi) is 8.43. The van der Waals surface area contributed by atoms with E-state index in [-0.39, 0.29) is 0 Å². The summed E-state index contributed by atoms with van der Waals surface area (Å²) in [4.78, 5) is 0. The molecule has 0 saturated carbocycles. The van der Waals surface area contributed by atoms with Crippen LogP contribution >= 0.6 is 22.6 Å². The molecule has 0 aliphatic rings. The Labute approximate surface area is 108 Å². The highest BCUT2D eigenvalue weighted by atomic mass is 127. The van der Waals surface area contributed by atoms with Crippen LogP contribution in [-0.2, 0) is 0 Å². The second-order valence-electron chi connectivity index (χ2n) is 4.33. The van der Waals surface area contributed by atoms with Crippen LogP contribution in [0.5, 0.6) is 0 Å². The molecule has 0 saturated heterocycles. The van der Waals surface area contributed by atoms with Gasteiger partial charge in [-0.1, -0.05) is 74.6 Å². The molecule has 0 amide bonds. The van der Waals surface area contributed by atoms with Crippen molar-refractivity contribution in [3.8, 4) is 0 Å². The van der Waals surface area contributed by atoms with Crippen LogP contribution in [0.25, 0.3) is 0 Å². The second-order valence-corrected chi connectivity index (χ2v) is 5.77. The largest absolute Gasteiger partial charge is 0.327 e. The Hall–Kier alpha value is 0.170. The third kappa shape index (κ3) is 6.36. The van der Waals surface area contributed by atoms with E-state index in [2.05, 4.69) is 56.0 Å². The molecule has 15 heavy (non-hydrogen) atoms. The summed E-state index contributed by atoms with van der Waals surface area (Å²) in [7, 11) is 0. The van der Waals surface area contributed by atoms with E-state index in [1.807, 2.05) is 12.2 Å². The molecule has 0 fully saturated rings. The van der Waals surface area contributed by atoms with Crippen molar-refractivity contribution >= 4 is 22.6 Å². The number of alkyl halides is 1. The molecule has 2 N–H and O–H groups in total. The van der Waals surface area contributed by atoms with E-state index in [0.29, 0.717) is 21.8 Å². The smallest absolute Gasteiger partial charge is 0.0318 e. The molecule has 4 atom stereocenters. The normalized spacial score (nSPS) is 19.8. The molecule has 0 aliphatic heterocycles. The molecule has 0 aromatic heterocycles. The van der Waals surface area contributed by atoms with E-state index < -0.39 is 0 Å². The standard InChI is InChI=1S/C13H24IN/c1-5-7-8-12(14)11(4)9-13(15)10(3)6-2/h5,7-8,10-13H,1,6,9,15H2,2-4H3/b8-7-/t10?,11-,12+,13?/m0/s1. The van der Waals surface area contributed by atoms with Gasteiger partial charge >= 0.3 is 0 Å². The van der Waals surface area contributed by atoms with Crippen LogP contribution in [-0.4, -0.2) is 9.97 Å². The van der Waals surface area contributed by atoms with Crippen molar-refractivity contribution in [3.63, 3.8) is 0 Å². The molecule has 1 nitrogen and oxygen atoms in total. The molecule has 2 heteroatoms. The lowest BCUT2D eigenvalue weighted by Gasteiger charge is -2.23. The quantitative estimate of drug-likeness (QED) is 0.429. The Morgan fingerprint density at radius 3 is 2.40 bits per heavy atom. The zero-order valence-corrected chi connectivity index (χ0v) is 12.3. The monoisotopic (exact) mass is 321 g/mol. The molecule has 0 bridgehead atoms. The van der Waals surface area contributed by atoms with Crippen molar-refractivity contribution in [2.75, 3.05) is 0 Å². The maximum atomic E-state index is 6.15. The minimum atomic E-state index is 0.333. The predicted octanol–water partition coefficient (Wildman–Crippen LogP) is 3.93. The van der Waals surface area contributed by atoms with Crippen molar-refractivity contribution in [1.29, 1.82) is 0 Å². The van der Waals surface area contributed by atoms with Gasteiger partial charge in [0.1, 0.15) is 0 Å². The molecule has 0 rings (SSSR count). The summed E-state index contributed by atoms with van der Waals surface area (Å²) < 4.78 is 0.552. The second kappa shape index (κ2) is 8.34. The average molecular weight is 321 g/mol. The first-order valence-corrected chi connectivity index (χ1v) is 6.96. The van der Waals surface area contributed by atoms with Gasteiger partial charge in [-0.15, -0.1) is 0 Å². The fourth-order valence-corrected chi connectivity index (χ4v) is 2.00. The Morgan fingerprint density at radius 1 is 1.33 bits per heavy atom. The SMILES string of the molecule is C=C/C=C\[C@@H](I)[C@@H](C)CC(N)C(C)CC. The molecule has 0 aromatic carbocycles. The first-order valence-electron chi connectivity index (χ1n) is 5.71. The highest BCUT2D eigenvalue weighted by Crippen LogP contribution is 2.22. The summed E-state index contributed by atoms with van der Waals surface area (Å²) in [5, 5.41) is 0. The van der Waals surface area contributed by atoms with Crippen LogP contribution in [0.2, 0.25) is 0 Å². The molecule has 2 unspecified atom stereocenters. The molecule has 0 aromatic rings. The highest BCUT2D eigenvalue weighted by molar-refractivity contribution is 14.1. The minimum Gasteiger partial charge on any atom is -0.327 e. The van der Waals surface area contributed by atoms with Gasteiger partial charge in [0.25, 0.3) is 0 Å². The molecular formula is C13H24IN. The lowest BCUT2D eigenvalue weighted by Crippen LogP contribution is -2.31. The van der Waals surface area contributed by atoms with E-state index in [9.17, 15) is 0 Å². The van der Waals surface area contributed by atoms with E-state index in [1.165, 1.54) is 6.42 Å². The van der Waals surface area contributed by atoms with Crippen LogP contribution in [0, 0.1) is 11.8 Å². The van der Waals surface area contributed by atoms with Crippen LogP contribution in [0.15, 0.2) is 24.8 Å². The van der Waals surface area contributed by atoms with E-state index in [0.717, 1.165) is 6.42 Å². The van der Waals surface area contributed by atoms with Gasteiger partial charge < -0.3 is 5.73 Å². The van der Waals surface area contributed by atoms with Gasteiger partial charge in [-0.2, -0.15) is 0 Å². The highest BCUT2D eigenvalue weighted by Gasteiger charge is 2.18. The maximum absolute atomic E-state index is 6.15. The van der Waals surface area contributed by atoms with Crippen LogP contribution in [0.4, 0.5) is 0 Å². The predicted molar refractivity (Wildman–Crippen MR) is 78.4 cm³/mol. The van der Waals surface area contributed by atoms with Gasteiger partial charge in [-0.05, 0) is 18.3 Å². The Balaban J connectivity index is 4.05. The van der Waals surface area contributed by atoms with E-state index >= 15 is 0 Å². The summed E-state index contributed by atoms with van der Waals surface area (Å²) >= 11 is 2.47. The summed E-state index contributed by atoms with van der Waals surface area (Å²) in [6.07, 6.45) is 8.31. The number of hydrogen-bond donors (Lipinski definition) is 1. The lowest BCUT2D eigenvalue weighted by molar-refractivity contribution is 0.371. The first-order chi connectivity index (χ1) is 7.02. The zero-order valence-electron chi connectivity index (χ0n) is 10.1. The summed E-state index contributed by atoms with van der Waals surface area (Å²) in [5.41, 5.74) is 6.15. The van der Waals surface area contributed by atoms with Crippen LogP contribution in [0.3, 0.4) is 0 Å². The van der Waals surface area contributed by atoms with E-state index in [1.54, 1.807) is 0 Å². The van der Waals surface area contributed by atoms with Gasteiger partial charge in [0, 0.05) is 9.97 Å². The summed E-state index contributed by atoms with van der Waals surface area (Å²) in [6, 6.07) is 0.333.